The molecule has 0 spiro atoms. The summed E-state index contributed by atoms with van der Waals surface area (Å²) >= 11 is 12.6. The van der Waals surface area contributed by atoms with E-state index in [2.05, 4.69) is 85.1 Å². The van der Waals surface area contributed by atoms with Crippen molar-refractivity contribution in [2.75, 3.05) is 57.5 Å². The van der Waals surface area contributed by atoms with Crippen LogP contribution in [0, 0.1) is 34.5 Å². The number of benzene rings is 4. The number of alkyl halides is 1. The molecule has 6 aliphatic carbocycles. The number of esters is 2. The molecule has 10 aliphatic rings. The molecule has 692 valence electrons. The molecular formula is C92H124B2ClLiN6O23S3. The number of halogens is 1. The molecule has 6 heterocycles. The summed E-state index contributed by atoms with van der Waals surface area (Å²) in [5.41, 5.74) is 1.22. The van der Waals surface area contributed by atoms with Crippen molar-refractivity contribution < 1.29 is 131 Å². The molecule has 29 nitrogen and oxygen atoms in total. The van der Waals surface area contributed by atoms with Crippen molar-refractivity contribution in [2.45, 2.75) is 265 Å². The number of nitrogens with one attached hydrogen (secondary N) is 2. The number of carboxylic acids is 1. The van der Waals surface area contributed by atoms with Crippen molar-refractivity contribution in [3.8, 4) is 11.5 Å². The summed E-state index contributed by atoms with van der Waals surface area (Å²) in [5, 5.41) is 25.5. The van der Waals surface area contributed by atoms with Gasteiger partial charge in [0.05, 0.1) is 69.3 Å². The number of aromatic nitrogens is 2. The number of nitrogens with zero attached hydrogens (tertiary/aromatic N) is 4. The Morgan fingerprint density at radius 3 is 1.35 bits per heavy atom. The van der Waals surface area contributed by atoms with Crippen LogP contribution in [0.25, 0.3) is 0 Å². The van der Waals surface area contributed by atoms with Gasteiger partial charge in [-0.05, 0) is 211 Å². The molecule has 4 unspecified atom stereocenters. The number of methoxy groups -OCH3 is 2. The van der Waals surface area contributed by atoms with Crippen LogP contribution < -0.4 is 39.0 Å². The van der Waals surface area contributed by atoms with Crippen LogP contribution in [0.15, 0.2) is 106 Å². The first-order chi connectivity index (χ1) is 60.3. The smallest absolute Gasteiger partial charge is 1.00 e. The van der Waals surface area contributed by atoms with E-state index in [1.54, 1.807) is 80.9 Å². The van der Waals surface area contributed by atoms with E-state index in [1.165, 1.54) is 18.9 Å². The van der Waals surface area contributed by atoms with Crippen LogP contribution in [0.5, 0.6) is 11.5 Å². The van der Waals surface area contributed by atoms with Crippen LogP contribution in [-0.2, 0) is 102 Å². The van der Waals surface area contributed by atoms with E-state index in [4.69, 9.17) is 88.6 Å². The second kappa shape index (κ2) is 42.9. The minimum absolute atomic E-state index is 0. The zero-order chi connectivity index (χ0) is 93.2. The summed E-state index contributed by atoms with van der Waals surface area (Å²) in [6.07, 6.45) is 3.41. The van der Waals surface area contributed by atoms with Gasteiger partial charge in [0.25, 0.3) is 0 Å². The van der Waals surface area contributed by atoms with E-state index in [1.807, 2.05) is 99.6 Å². The molecule has 3 N–H and O–H groups in total. The fourth-order valence-corrected chi connectivity index (χ4v) is 19.4. The van der Waals surface area contributed by atoms with Gasteiger partial charge in [0.2, 0.25) is 5.71 Å². The molecule has 2 aromatic heterocycles. The third-order valence-corrected chi connectivity index (χ3v) is 25.8. The number of hydrogen-bond acceptors (Lipinski definition) is 29. The number of carboxylic acid groups (broad SMARTS) is 1. The molecule has 4 saturated heterocycles. The molecule has 2 amide bonds. The maximum atomic E-state index is 14.9. The van der Waals surface area contributed by atoms with Gasteiger partial charge in [-0.2, -0.15) is 12.6 Å². The maximum absolute atomic E-state index is 14.9. The molecule has 4 aromatic carbocycles. The summed E-state index contributed by atoms with van der Waals surface area (Å²) in [6, 6.07) is 26.2. The van der Waals surface area contributed by atoms with Crippen molar-refractivity contribution in [2.24, 2.45) is 44.8 Å². The number of anilines is 2. The van der Waals surface area contributed by atoms with Crippen LogP contribution in [0.2, 0.25) is 5.82 Å². The van der Waals surface area contributed by atoms with Crippen LogP contribution in [0.1, 0.15) is 250 Å². The number of oxime groups is 2. The van der Waals surface area contributed by atoms with E-state index >= 15 is 0 Å². The second-order valence-corrected chi connectivity index (χ2v) is 40.6. The zero-order valence-electron chi connectivity index (χ0n) is 79.3. The largest absolute Gasteiger partial charge is 1.00 e. The number of aliphatic carboxylic acids is 1. The van der Waals surface area contributed by atoms with Gasteiger partial charge in [-0.15, -0.1) is 34.3 Å². The normalized spacial score (nSPS) is 23.4. The van der Waals surface area contributed by atoms with Crippen molar-refractivity contribution in [1.29, 1.82) is 0 Å². The van der Waals surface area contributed by atoms with Gasteiger partial charge in [0.1, 0.15) is 69.6 Å². The van der Waals surface area contributed by atoms with Crippen molar-refractivity contribution >= 4 is 119 Å². The number of ketones is 1. The number of rotatable bonds is 26. The minimum Gasteiger partial charge on any atom is -1.00 e. The summed E-state index contributed by atoms with van der Waals surface area (Å²) in [7, 11) is 1.73. The van der Waals surface area contributed by atoms with Crippen LogP contribution in [0.4, 0.5) is 19.9 Å². The predicted molar refractivity (Wildman–Crippen MR) is 489 cm³/mol. The van der Waals surface area contributed by atoms with Gasteiger partial charge >= 0.3 is 63.2 Å². The Balaban J connectivity index is 0.000000237. The van der Waals surface area contributed by atoms with Crippen molar-refractivity contribution in [3.05, 3.63) is 152 Å². The monoisotopic (exact) mass is 1840 g/mol. The Morgan fingerprint density at radius 1 is 0.578 bits per heavy atom. The Morgan fingerprint density at radius 2 is 0.961 bits per heavy atom. The SMILES string of the molecule is CC(C)(C)OC(=O)Nc1nc(/C(=N/OCc2ccccc2)C(=O)O)cs1.COc1c(C[C@@H](Cl)B2OC3CC4C[C@@H](C4(C)C)[C@]3(C)O2)ccc(C2OCCCO2)c1C(=O)OC(C)(C)C.COc1c(C[C@H](CC(=O)/C(=N\OCc2ccccc2)c2csc(NC(=O)OC(C)(C)C)n2)B2OC3CC4C[C@@H](C4(C)C)[C@]3(C)O2)ccc(C2OCCCO2)c1C(=O)OC(C)(C)C.[2H]CS.[H-].[Li+]. The molecule has 6 aromatic rings. The number of hydrogen-bond donors (Lipinski definition) is 4. The summed E-state index contributed by atoms with van der Waals surface area (Å²) in [5.74, 6) is -0.735. The fraction of sp³-hybridized carbons (Fsp3) is 0.587. The Labute approximate surface area is 785 Å². The van der Waals surface area contributed by atoms with Crippen LogP contribution in [-0.4, -0.2) is 175 Å². The van der Waals surface area contributed by atoms with Gasteiger partial charge < -0.3 is 82.2 Å². The molecule has 4 bridgehead atoms. The number of amides is 2. The first kappa shape index (κ1) is 101. The van der Waals surface area contributed by atoms with Gasteiger partial charge in [0.15, 0.2) is 34.3 Å². The molecule has 128 heavy (non-hydrogen) atoms. The number of ether oxygens (including phenoxy) is 10. The molecule has 6 saturated carbocycles. The molecule has 16 rings (SSSR count). The van der Waals surface area contributed by atoms with Crippen LogP contribution in [0.3, 0.4) is 0 Å². The van der Waals surface area contributed by atoms with Crippen molar-refractivity contribution in [3.63, 3.8) is 0 Å². The molecule has 10 atom stereocenters. The molecule has 0 radical (unpaired) electrons. The number of carbonyl (C=O) groups is 6. The standard InChI is InChI=1S/C46H60BN3O11S.C28H40BClO7.C17H19N3O5S.CH4S.Li.H/c1-43(2,3)58-39(52)36-31(40-55-19-14-20-56-40)18-17-28(38(36)54-10)21-30(47-60-35-23-29-22-34(45(29,7)8)46(35,9)61-47)24-33(51)37(50-57-25-27-15-12-11-13-16-27)32-26-62-41(48-32)49-42(53)59-44(4,5)6;1-26(2,3)35-24(31)22-18(25-33-11-8-12-34-25)10-9-16(23(22)32-7)13-21(30)29-36-20-15-17-14-19(27(17,4)5)28(20,6)37-29;1-17(2,3)25-16(23)19-15-18-12(10-26-15)13(14(21)22)20-24-9-11-7-5-4-6-8-11;1-2;;/h11-13,15-18,26,29-30,34-35,40H,14,19-25H2,1-10H3,(H,48,49,53);9-10,17,19-21,25H,8,11-15H2,1-7H3;4-8,10H,9H2,1-3H3,(H,21,22)(H,18,19,23);2H,1H3;;/q;;;;+1;-1/b50-37-;;20-13-;;;/t29?,30-,34+,35?,46+;17?,19-,20?,21+,28-;;;;/m10..../s1/i;;;1D;;. The summed E-state index contributed by atoms with van der Waals surface area (Å²) in [4.78, 5) is 97.7. The zero-order valence-corrected chi connectivity index (χ0v) is 80.6. The fourth-order valence-electron chi connectivity index (χ4n) is 17.8. The quantitative estimate of drug-likeness (QED) is 0.00745. The second-order valence-electron chi connectivity index (χ2n) is 38.3. The summed E-state index contributed by atoms with van der Waals surface area (Å²) in [6.45, 7) is 37.3. The summed E-state index contributed by atoms with van der Waals surface area (Å²) < 4.78 is 90.7. The van der Waals surface area contributed by atoms with Gasteiger partial charge in [0, 0.05) is 35.5 Å². The van der Waals surface area contributed by atoms with E-state index < -0.39 is 96.0 Å². The Bertz CT molecular complexity index is 4930. The number of thiol groups is 1. The Hall–Kier alpha value is -7.65. The molecule has 36 heteroatoms. The topological polar surface area (TPSA) is 345 Å². The first-order valence-corrected chi connectivity index (χ1v) is 45.8. The third kappa shape index (κ3) is 25.2. The van der Waals surface area contributed by atoms with Crippen LogP contribution >= 0.6 is 46.9 Å². The maximum Gasteiger partial charge on any atom is 1.00 e. The van der Waals surface area contributed by atoms with Gasteiger partial charge in [-0.25, -0.2) is 33.9 Å². The minimum atomic E-state index is -1.29. The molecule has 10 fully saturated rings. The van der Waals surface area contributed by atoms with Gasteiger partial charge in [-0.3, -0.25) is 15.4 Å². The van der Waals surface area contributed by atoms with E-state index in [9.17, 15) is 33.9 Å². The molecular weight excluding hydrogens is 1720 g/mol. The van der Waals surface area contributed by atoms with Crippen molar-refractivity contribution in [1.82, 2.24) is 9.97 Å². The van der Waals surface area contributed by atoms with E-state index in [-0.39, 0.29) is 137 Å². The average Bonchev–Trinajstić information content (AvgIpc) is 1.47. The third-order valence-electron chi connectivity index (χ3n) is 23.9. The van der Waals surface area contributed by atoms with Gasteiger partial charge in [-0.1, -0.05) is 123 Å². The average molecular weight is 1840 g/mol. The number of Topliss-reactive ketones (excluding diaryl/α,β-unsaturated/α-hetero) is 1. The first-order valence-electron chi connectivity index (χ1n) is 43.7. The number of thiazole rings is 2. The molecule has 4 aliphatic heterocycles. The van der Waals surface area contributed by atoms with E-state index in [0.717, 1.165) is 71.5 Å². The predicted octanol–water partition coefficient (Wildman–Crippen LogP) is 15.8. The van der Waals surface area contributed by atoms with E-state index in [0.29, 0.717) is 78.6 Å². The number of carbonyl (C=O) groups excluding carboxylic acids is 5. The Kier molecular flexibility index (Phi) is 33.8.